The minimum Gasteiger partial charge on any atom is -0.393 e. The monoisotopic (exact) mass is 433 g/mol. The number of alkyl halides is 3. The lowest BCUT2D eigenvalue weighted by Gasteiger charge is -2.14. The second-order valence-electron chi connectivity index (χ2n) is 5.90. The third-order valence-corrected chi connectivity index (χ3v) is 3.84. The lowest BCUT2D eigenvalue weighted by molar-refractivity contribution is -0.137. The molecule has 1 aromatic heterocycles. The smallest absolute Gasteiger partial charge is 0.393 e. The minimum atomic E-state index is -4.66. The van der Waals surface area contributed by atoms with Crippen LogP contribution in [0, 0.1) is 0 Å². The van der Waals surface area contributed by atoms with Crippen LogP contribution in [0.15, 0.2) is 41.7 Å². The minimum absolute atomic E-state index is 0.133. The molecule has 0 aliphatic carbocycles. The Labute approximate surface area is 169 Å². The Morgan fingerprint density at radius 3 is 2.57 bits per heavy atom. The normalized spacial score (nSPS) is 12.2. The van der Waals surface area contributed by atoms with E-state index in [1.54, 1.807) is 13.8 Å². The Hall–Kier alpha value is -2.32. The quantitative estimate of drug-likeness (QED) is 0.516. The highest BCUT2D eigenvalue weighted by Crippen LogP contribution is 2.31. The second-order valence-corrected chi connectivity index (χ2v) is 6.75. The maximum Gasteiger partial charge on any atom is 0.417 e. The van der Waals surface area contributed by atoms with Crippen molar-refractivity contribution < 1.29 is 22.8 Å². The standard InChI is InChI=1S/C18H16Cl2F3N3O2/c1-10(2)28-26-15(16-14(20)7-11(19)8-24-16)9-25-17(27)12-5-3-4-6-13(12)18(21,22)23/h3-8,10H,9H2,1-2H3,(H,25,27)/b26-15-. The number of aromatic nitrogens is 1. The van der Waals surface area contributed by atoms with E-state index in [1.807, 2.05) is 0 Å². The van der Waals surface area contributed by atoms with Gasteiger partial charge >= 0.3 is 6.18 Å². The number of nitrogens with zero attached hydrogens (tertiary/aromatic N) is 2. The van der Waals surface area contributed by atoms with Gasteiger partial charge in [-0.3, -0.25) is 9.78 Å². The van der Waals surface area contributed by atoms with Gasteiger partial charge in [0.25, 0.3) is 5.91 Å². The first kappa shape index (κ1) is 22.0. The van der Waals surface area contributed by atoms with Crippen LogP contribution >= 0.6 is 23.2 Å². The van der Waals surface area contributed by atoms with Gasteiger partial charge in [-0.05, 0) is 32.0 Å². The molecule has 0 unspecified atom stereocenters. The van der Waals surface area contributed by atoms with E-state index in [2.05, 4.69) is 15.5 Å². The van der Waals surface area contributed by atoms with Crippen LogP contribution in [0.1, 0.15) is 35.5 Å². The number of oxime groups is 1. The van der Waals surface area contributed by atoms with Crippen LogP contribution in [0.3, 0.4) is 0 Å². The summed E-state index contributed by atoms with van der Waals surface area (Å²) < 4.78 is 39.3. The molecule has 0 fully saturated rings. The van der Waals surface area contributed by atoms with Gasteiger partial charge in [0.15, 0.2) is 0 Å². The van der Waals surface area contributed by atoms with Gasteiger partial charge in [-0.15, -0.1) is 0 Å². The molecule has 0 aliphatic rings. The predicted octanol–water partition coefficient (Wildman–Crippen LogP) is 4.97. The highest BCUT2D eigenvalue weighted by atomic mass is 35.5. The van der Waals surface area contributed by atoms with Crippen LogP contribution < -0.4 is 5.32 Å². The summed E-state index contributed by atoms with van der Waals surface area (Å²) in [6, 6.07) is 5.91. The Kier molecular flexibility index (Phi) is 7.26. The van der Waals surface area contributed by atoms with Gasteiger partial charge in [0, 0.05) is 6.20 Å². The molecule has 1 amide bonds. The summed E-state index contributed by atoms with van der Waals surface area (Å²) >= 11 is 11.9. The van der Waals surface area contributed by atoms with Gasteiger partial charge in [-0.25, -0.2) is 0 Å². The van der Waals surface area contributed by atoms with Crippen LogP contribution in [-0.2, 0) is 11.0 Å². The summed E-state index contributed by atoms with van der Waals surface area (Å²) in [6.07, 6.45) is -3.61. The molecule has 0 aliphatic heterocycles. The van der Waals surface area contributed by atoms with Crippen LogP contribution in [-0.4, -0.2) is 29.3 Å². The molecule has 10 heteroatoms. The zero-order chi connectivity index (χ0) is 20.9. The van der Waals surface area contributed by atoms with Crippen molar-refractivity contribution in [2.45, 2.75) is 26.1 Å². The molecule has 0 bridgehead atoms. The van der Waals surface area contributed by atoms with Crippen LogP contribution in [0.4, 0.5) is 13.2 Å². The van der Waals surface area contributed by atoms with Crippen LogP contribution in [0.2, 0.25) is 10.0 Å². The van der Waals surface area contributed by atoms with Crippen molar-refractivity contribution >= 4 is 34.8 Å². The SMILES string of the molecule is CC(C)O/N=C(/CNC(=O)c1ccccc1C(F)(F)F)c1ncc(Cl)cc1Cl. The Morgan fingerprint density at radius 2 is 1.96 bits per heavy atom. The molecular formula is C18H16Cl2F3N3O2. The number of carbonyl (C=O) groups excluding carboxylic acids is 1. The van der Waals surface area contributed by atoms with E-state index < -0.39 is 23.2 Å². The van der Waals surface area contributed by atoms with E-state index in [4.69, 9.17) is 28.0 Å². The average molecular weight is 434 g/mol. The highest BCUT2D eigenvalue weighted by molar-refractivity contribution is 6.36. The first-order valence-corrected chi connectivity index (χ1v) is 8.83. The molecule has 2 aromatic rings. The number of amides is 1. The fourth-order valence-electron chi connectivity index (χ4n) is 2.14. The number of halogens is 5. The van der Waals surface area contributed by atoms with Crippen molar-refractivity contribution in [3.05, 3.63) is 63.4 Å². The summed E-state index contributed by atoms with van der Waals surface area (Å²) in [5.74, 6) is -0.921. The molecule has 5 nitrogen and oxygen atoms in total. The summed E-state index contributed by atoms with van der Waals surface area (Å²) in [4.78, 5) is 21.6. The summed E-state index contributed by atoms with van der Waals surface area (Å²) in [6.45, 7) is 3.21. The fourth-order valence-corrected chi connectivity index (χ4v) is 2.63. The number of carbonyl (C=O) groups is 1. The van der Waals surface area contributed by atoms with Gasteiger partial charge in [-0.1, -0.05) is 40.5 Å². The number of hydrogen-bond donors (Lipinski definition) is 1. The summed E-state index contributed by atoms with van der Waals surface area (Å²) in [5.41, 5.74) is -1.22. The van der Waals surface area contributed by atoms with Crippen molar-refractivity contribution in [3.63, 3.8) is 0 Å². The van der Waals surface area contributed by atoms with Crippen molar-refractivity contribution in [1.82, 2.24) is 10.3 Å². The molecular weight excluding hydrogens is 418 g/mol. The summed E-state index contributed by atoms with van der Waals surface area (Å²) in [7, 11) is 0. The largest absolute Gasteiger partial charge is 0.417 e. The number of nitrogens with one attached hydrogen (secondary N) is 1. The molecule has 0 saturated carbocycles. The van der Waals surface area contributed by atoms with Crippen LogP contribution in [0.5, 0.6) is 0 Å². The third kappa shape index (κ3) is 5.84. The molecule has 0 atom stereocenters. The molecule has 0 saturated heterocycles. The van der Waals surface area contributed by atoms with Crippen molar-refractivity contribution in [1.29, 1.82) is 0 Å². The Balaban J connectivity index is 2.27. The molecule has 1 aromatic carbocycles. The topological polar surface area (TPSA) is 63.6 Å². The van der Waals surface area contributed by atoms with E-state index in [1.165, 1.54) is 24.4 Å². The molecule has 28 heavy (non-hydrogen) atoms. The number of rotatable bonds is 6. The lowest BCUT2D eigenvalue weighted by atomic mass is 10.1. The maximum absolute atomic E-state index is 13.1. The first-order valence-electron chi connectivity index (χ1n) is 8.08. The van der Waals surface area contributed by atoms with E-state index in [0.29, 0.717) is 5.02 Å². The molecule has 0 spiro atoms. The van der Waals surface area contributed by atoms with Crippen molar-refractivity contribution in [2.75, 3.05) is 6.54 Å². The predicted molar refractivity (Wildman–Crippen MR) is 101 cm³/mol. The number of benzene rings is 1. The van der Waals surface area contributed by atoms with Gasteiger partial charge in [-0.2, -0.15) is 13.2 Å². The van der Waals surface area contributed by atoms with Crippen molar-refractivity contribution in [3.8, 4) is 0 Å². The van der Waals surface area contributed by atoms with E-state index in [0.717, 1.165) is 12.1 Å². The van der Waals surface area contributed by atoms with Crippen LogP contribution in [0.25, 0.3) is 0 Å². The van der Waals surface area contributed by atoms with E-state index >= 15 is 0 Å². The van der Waals surface area contributed by atoms with Gasteiger partial charge in [0.05, 0.1) is 27.7 Å². The Morgan fingerprint density at radius 1 is 1.29 bits per heavy atom. The number of hydrogen-bond acceptors (Lipinski definition) is 4. The molecule has 1 N–H and O–H groups in total. The average Bonchev–Trinajstić information content (AvgIpc) is 2.61. The summed E-state index contributed by atoms with van der Waals surface area (Å²) in [5, 5.41) is 6.75. The molecule has 150 valence electrons. The van der Waals surface area contributed by atoms with Crippen molar-refractivity contribution in [2.24, 2.45) is 5.16 Å². The second kappa shape index (κ2) is 9.25. The lowest BCUT2D eigenvalue weighted by Crippen LogP contribution is -2.32. The molecule has 2 rings (SSSR count). The molecule has 1 heterocycles. The maximum atomic E-state index is 13.1. The fraction of sp³-hybridized carbons (Fsp3) is 0.278. The zero-order valence-electron chi connectivity index (χ0n) is 14.8. The van der Waals surface area contributed by atoms with Gasteiger partial charge in [0.2, 0.25) is 0 Å². The van der Waals surface area contributed by atoms with Gasteiger partial charge < -0.3 is 10.2 Å². The van der Waals surface area contributed by atoms with E-state index in [-0.39, 0.29) is 29.1 Å². The molecule has 0 radical (unpaired) electrons. The Bertz CT molecular complexity index is 887. The van der Waals surface area contributed by atoms with Gasteiger partial charge in [0.1, 0.15) is 17.5 Å². The zero-order valence-corrected chi connectivity index (χ0v) is 16.4. The number of pyridine rings is 1. The third-order valence-electron chi connectivity index (χ3n) is 3.35. The van der Waals surface area contributed by atoms with E-state index in [9.17, 15) is 18.0 Å². The first-order chi connectivity index (χ1) is 13.1. The highest BCUT2D eigenvalue weighted by Gasteiger charge is 2.34.